The molecule has 0 fully saturated rings. The van der Waals surface area contributed by atoms with Gasteiger partial charge in [-0.1, -0.05) is 32.8 Å². The van der Waals surface area contributed by atoms with Gasteiger partial charge in [0.15, 0.2) is 0 Å². The van der Waals surface area contributed by atoms with Crippen molar-refractivity contribution in [1.82, 2.24) is 0 Å². The minimum atomic E-state index is -1.10. The van der Waals surface area contributed by atoms with E-state index < -0.39 is 11.9 Å². The van der Waals surface area contributed by atoms with Crippen LogP contribution in [-0.4, -0.2) is 61.8 Å². The number of aromatic carboxylic acids is 1. The van der Waals surface area contributed by atoms with Gasteiger partial charge >= 0.3 is 11.9 Å². The van der Waals surface area contributed by atoms with Crippen molar-refractivity contribution in [2.75, 3.05) is 39.6 Å². The molecule has 1 aromatic rings. The normalized spacial score (nSPS) is 10.9. The lowest BCUT2D eigenvalue weighted by molar-refractivity contribution is 0.00907. The highest BCUT2D eigenvalue weighted by molar-refractivity contribution is 6.03. The number of carboxylic acid groups (broad SMARTS) is 1. The predicted molar refractivity (Wildman–Crippen MR) is 110 cm³/mol. The first kappa shape index (κ1) is 25.1. The smallest absolute Gasteiger partial charge is 0.339 e. The second-order valence-electron chi connectivity index (χ2n) is 6.72. The zero-order chi connectivity index (χ0) is 21.5. The van der Waals surface area contributed by atoms with E-state index in [1.807, 2.05) is 6.07 Å². The fraction of sp³-hybridized carbons (Fsp3) is 0.636. The van der Waals surface area contributed by atoms with E-state index in [1.165, 1.54) is 0 Å². The van der Waals surface area contributed by atoms with Gasteiger partial charge in [-0.15, -0.1) is 0 Å². The van der Waals surface area contributed by atoms with Crippen LogP contribution in [0.2, 0.25) is 0 Å². The molecule has 0 saturated heterocycles. The van der Waals surface area contributed by atoms with Gasteiger partial charge in [-0.25, -0.2) is 9.59 Å². The van der Waals surface area contributed by atoms with Gasteiger partial charge < -0.3 is 24.4 Å². The number of aryl methyl sites for hydroxylation is 1. The Labute approximate surface area is 173 Å². The molecule has 164 valence electrons. The summed E-state index contributed by atoms with van der Waals surface area (Å²) in [6.07, 6.45) is 5.24. The van der Waals surface area contributed by atoms with E-state index in [1.54, 1.807) is 6.07 Å². The van der Waals surface area contributed by atoms with E-state index >= 15 is 0 Å². The highest BCUT2D eigenvalue weighted by atomic mass is 16.6. The van der Waals surface area contributed by atoms with Crippen LogP contribution in [0.15, 0.2) is 12.1 Å². The van der Waals surface area contributed by atoms with Crippen LogP contribution in [0.25, 0.3) is 0 Å². The molecular formula is C22H34O7. The summed E-state index contributed by atoms with van der Waals surface area (Å²) in [7, 11) is 0. The maximum absolute atomic E-state index is 12.5. The summed E-state index contributed by atoms with van der Waals surface area (Å²) in [6, 6.07) is 3.43. The third-order valence-electron chi connectivity index (χ3n) is 4.49. The lowest BCUT2D eigenvalue weighted by Crippen LogP contribution is -2.18. The average molecular weight is 411 g/mol. The zero-order valence-corrected chi connectivity index (χ0v) is 17.6. The van der Waals surface area contributed by atoms with Gasteiger partial charge in [0.05, 0.1) is 44.2 Å². The number of carbonyl (C=O) groups excluding carboxylic acids is 1. The molecule has 0 aliphatic carbocycles. The van der Waals surface area contributed by atoms with Crippen LogP contribution in [0.1, 0.15) is 71.4 Å². The van der Waals surface area contributed by atoms with Crippen LogP contribution in [-0.2, 0) is 27.1 Å². The molecule has 7 heteroatoms. The summed E-state index contributed by atoms with van der Waals surface area (Å²) in [5.74, 6) is -1.75. The number of aliphatic hydroxyl groups is 1. The van der Waals surface area contributed by atoms with E-state index in [0.29, 0.717) is 19.6 Å². The number of carboxylic acids is 1. The summed E-state index contributed by atoms with van der Waals surface area (Å²) in [4.78, 5) is 24.5. The van der Waals surface area contributed by atoms with Crippen molar-refractivity contribution in [1.29, 1.82) is 0 Å². The number of ether oxygens (including phenoxy) is 3. The highest BCUT2D eigenvalue weighted by Crippen LogP contribution is 2.24. The van der Waals surface area contributed by atoms with Crippen LogP contribution in [0.4, 0.5) is 0 Å². The summed E-state index contributed by atoms with van der Waals surface area (Å²) in [5.41, 5.74) is 1.91. The Morgan fingerprint density at radius 3 is 2.14 bits per heavy atom. The second-order valence-corrected chi connectivity index (χ2v) is 6.72. The minimum Gasteiger partial charge on any atom is -0.478 e. The van der Waals surface area contributed by atoms with Crippen molar-refractivity contribution < 1.29 is 34.0 Å². The van der Waals surface area contributed by atoms with E-state index in [2.05, 4.69) is 13.8 Å². The number of benzene rings is 1. The molecule has 0 aromatic heterocycles. The van der Waals surface area contributed by atoms with Crippen LogP contribution >= 0.6 is 0 Å². The standard InChI is InChI=1S/C22H34O7/c1-3-5-7-17-9-10-19(20(21(24)25)18(17)8-6-4-2)22(26)29-16-15-28-14-13-27-12-11-23/h9-10,23H,3-8,11-16H2,1-2H3,(H,24,25). The molecule has 0 bridgehead atoms. The molecule has 29 heavy (non-hydrogen) atoms. The molecule has 0 heterocycles. The predicted octanol–water partition coefficient (Wildman–Crippen LogP) is 3.25. The zero-order valence-electron chi connectivity index (χ0n) is 17.6. The molecule has 0 aliphatic rings. The Morgan fingerprint density at radius 1 is 0.897 bits per heavy atom. The monoisotopic (exact) mass is 410 g/mol. The van der Waals surface area contributed by atoms with Crippen LogP contribution in [0, 0.1) is 0 Å². The minimum absolute atomic E-state index is 0.0276. The lowest BCUT2D eigenvalue weighted by atomic mass is 9.90. The molecular weight excluding hydrogens is 376 g/mol. The maximum Gasteiger partial charge on any atom is 0.339 e. The van der Waals surface area contributed by atoms with Crippen molar-refractivity contribution in [3.8, 4) is 0 Å². The van der Waals surface area contributed by atoms with E-state index in [-0.39, 0.29) is 37.6 Å². The van der Waals surface area contributed by atoms with Gasteiger partial charge in [0.25, 0.3) is 0 Å². The maximum atomic E-state index is 12.5. The largest absolute Gasteiger partial charge is 0.478 e. The van der Waals surface area contributed by atoms with E-state index in [9.17, 15) is 14.7 Å². The molecule has 1 rings (SSSR count). The molecule has 0 aliphatic heterocycles. The van der Waals surface area contributed by atoms with E-state index in [4.69, 9.17) is 19.3 Å². The van der Waals surface area contributed by atoms with Crippen molar-refractivity contribution in [2.24, 2.45) is 0 Å². The van der Waals surface area contributed by atoms with Crippen molar-refractivity contribution in [2.45, 2.75) is 52.4 Å². The van der Waals surface area contributed by atoms with Crippen molar-refractivity contribution in [3.05, 3.63) is 34.4 Å². The third-order valence-corrected chi connectivity index (χ3v) is 4.49. The Morgan fingerprint density at radius 2 is 1.52 bits per heavy atom. The van der Waals surface area contributed by atoms with E-state index in [0.717, 1.165) is 43.2 Å². The van der Waals surface area contributed by atoms with Gasteiger partial charge in [0.1, 0.15) is 6.61 Å². The molecule has 0 radical (unpaired) electrons. The SMILES string of the molecule is CCCCc1ccc(C(=O)OCCOCCOCCO)c(C(=O)O)c1CCCC. The number of carbonyl (C=O) groups is 2. The van der Waals surface area contributed by atoms with Crippen molar-refractivity contribution >= 4 is 11.9 Å². The Hall–Kier alpha value is -1.96. The Bertz CT molecular complexity index is 628. The Balaban J connectivity index is 2.80. The van der Waals surface area contributed by atoms with Crippen LogP contribution < -0.4 is 0 Å². The molecule has 1 aromatic carbocycles. The van der Waals surface area contributed by atoms with Crippen LogP contribution in [0.5, 0.6) is 0 Å². The number of rotatable bonds is 16. The number of hydrogen-bond acceptors (Lipinski definition) is 6. The molecule has 0 unspecified atom stereocenters. The third kappa shape index (κ3) is 8.94. The van der Waals surface area contributed by atoms with Gasteiger partial charge in [0.2, 0.25) is 0 Å². The Kier molecular flexibility index (Phi) is 12.9. The highest BCUT2D eigenvalue weighted by Gasteiger charge is 2.23. The fourth-order valence-electron chi connectivity index (χ4n) is 3.00. The van der Waals surface area contributed by atoms with Crippen LogP contribution in [0.3, 0.4) is 0 Å². The summed E-state index contributed by atoms with van der Waals surface area (Å²) >= 11 is 0. The molecule has 0 spiro atoms. The average Bonchev–Trinajstić information content (AvgIpc) is 2.71. The van der Waals surface area contributed by atoms with Gasteiger partial charge in [-0.3, -0.25) is 0 Å². The molecule has 0 amide bonds. The quantitative estimate of drug-likeness (QED) is 0.318. The van der Waals surface area contributed by atoms with Gasteiger partial charge in [0, 0.05) is 0 Å². The second kappa shape index (κ2) is 15.0. The molecule has 0 saturated carbocycles. The number of unbranched alkanes of at least 4 members (excludes halogenated alkanes) is 2. The first-order chi connectivity index (χ1) is 14.1. The van der Waals surface area contributed by atoms with Crippen molar-refractivity contribution in [3.63, 3.8) is 0 Å². The number of aliphatic hydroxyl groups excluding tert-OH is 1. The number of esters is 1. The summed E-state index contributed by atoms with van der Waals surface area (Å²) in [6.45, 7) is 5.25. The first-order valence-corrected chi connectivity index (χ1v) is 10.4. The number of hydrogen-bond donors (Lipinski definition) is 2. The van der Waals surface area contributed by atoms with Gasteiger partial charge in [-0.05, 0) is 42.9 Å². The van der Waals surface area contributed by atoms with Gasteiger partial charge in [-0.2, -0.15) is 0 Å². The lowest BCUT2D eigenvalue weighted by Gasteiger charge is -2.16. The molecule has 2 N–H and O–H groups in total. The fourth-order valence-corrected chi connectivity index (χ4v) is 3.00. The topological polar surface area (TPSA) is 102 Å². The molecule has 0 atom stereocenters. The molecule has 7 nitrogen and oxygen atoms in total. The first-order valence-electron chi connectivity index (χ1n) is 10.4. The summed E-state index contributed by atoms with van der Waals surface area (Å²) in [5, 5.41) is 18.4. The summed E-state index contributed by atoms with van der Waals surface area (Å²) < 4.78 is 15.6.